The van der Waals surface area contributed by atoms with Crippen molar-refractivity contribution in [3.05, 3.63) is 21.9 Å². The number of carbonyl (C=O) groups excluding carboxylic acids is 1. The van der Waals surface area contributed by atoms with E-state index in [1.54, 1.807) is 11.3 Å². The summed E-state index contributed by atoms with van der Waals surface area (Å²) in [5.41, 5.74) is 5.67. The van der Waals surface area contributed by atoms with Crippen LogP contribution in [0.4, 0.5) is 0 Å². The minimum Gasteiger partial charge on any atom is -0.392 e. The normalized spacial score (nSPS) is 18.3. The van der Waals surface area contributed by atoms with Gasteiger partial charge in [0.25, 0.3) is 5.91 Å². The minimum absolute atomic E-state index is 0.108. The third-order valence-electron chi connectivity index (χ3n) is 3.51. The summed E-state index contributed by atoms with van der Waals surface area (Å²) in [6.45, 7) is 7.17. The molecule has 1 saturated heterocycles. The van der Waals surface area contributed by atoms with E-state index >= 15 is 0 Å². The number of amides is 1. The molecule has 2 N–H and O–H groups in total. The average molecular weight is 297 g/mol. The largest absolute Gasteiger partial charge is 0.392 e. The lowest BCUT2D eigenvalue weighted by molar-refractivity contribution is 0.0626. The van der Waals surface area contributed by atoms with Gasteiger partial charge in [-0.2, -0.15) is 0 Å². The Morgan fingerprint density at radius 3 is 2.47 bits per heavy atom. The Kier molecular flexibility index (Phi) is 4.54. The quantitative estimate of drug-likeness (QED) is 0.859. The van der Waals surface area contributed by atoms with Crippen molar-refractivity contribution >= 4 is 34.5 Å². The van der Waals surface area contributed by atoms with E-state index < -0.39 is 0 Å². The summed E-state index contributed by atoms with van der Waals surface area (Å²) in [6.07, 6.45) is 0. The van der Waals surface area contributed by atoms with Gasteiger partial charge in [-0.1, -0.05) is 12.2 Å². The highest BCUT2D eigenvalue weighted by Gasteiger charge is 2.26. The summed E-state index contributed by atoms with van der Waals surface area (Å²) in [7, 11) is 0. The Morgan fingerprint density at radius 2 is 2.00 bits per heavy atom. The van der Waals surface area contributed by atoms with Gasteiger partial charge in [-0.05, 0) is 26.0 Å². The fourth-order valence-electron chi connectivity index (χ4n) is 2.20. The van der Waals surface area contributed by atoms with Gasteiger partial charge in [0.05, 0.1) is 15.9 Å². The van der Waals surface area contributed by atoms with Crippen LogP contribution in [0.2, 0.25) is 0 Å². The van der Waals surface area contributed by atoms with Gasteiger partial charge in [0.2, 0.25) is 0 Å². The van der Waals surface area contributed by atoms with Crippen molar-refractivity contribution in [2.75, 3.05) is 26.2 Å². The number of hydrogen-bond acceptors (Lipinski definition) is 4. The van der Waals surface area contributed by atoms with Gasteiger partial charge in [-0.3, -0.25) is 9.69 Å². The highest BCUT2D eigenvalue weighted by atomic mass is 32.1. The second-order valence-electron chi connectivity index (χ2n) is 4.82. The summed E-state index contributed by atoms with van der Waals surface area (Å²) >= 11 is 6.57. The molecular formula is C13H19N3OS2. The number of nitrogens with two attached hydrogens (primary N) is 1. The summed E-state index contributed by atoms with van der Waals surface area (Å²) in [5.74, 6) is 0.140. The predicted octanol–water partition coefficient (Wildman–Crippen LogP) is 1.49. The van der Waals surface area contributed by atoms with E-state index in [0.29, 0.717) is 4.99 Å². The first-order valence-corrected chi connectivity index (χ1v) is 7.60. The number of rotatable bonds is 3. The molecule has 4 nitrogen and oxygen atoms in total. The molecular weight excluding hydrogens is 278 g/mol. The van der Waals surface area contributed by atoms with E-state index in [2.05, 4.69) is 4.90 Å². The molecule has 1 atom stereocenters. The maximum absolute atomic E-state index is 12.3. The van der Waals surface area contributed by atoms with Gasteiger partial charge in [0, 0.05) is 31.1 Å². The van der Waals surface area contributed by atoms with E-state index in [4.69, 9.17) is 18.0 Å². The third kappa shape index (κ3) is 3.32. The van der Waals surface area contributed by atoms with E-state index in [0.717, 1.165) is 31.1 Å². The number of aryl methyl sites for hydroxylation is 1. The molecule has 1 aromatic rings. The van der Waals surface area contributed by atoms with Crippen molar-refractivity contribution in [1.29, 1.82) is 0 Å². The summed E-state index contributed by atoms with van der Waals surface area (Å²) in [6, 6.07) is 4.01. The third-order valence-corrected chi connectivity index (χ3v) is 4.84. The highest BCUT2D eigenvalue weighted by Crippen LogP contribution is 2.18. The Labute approximate surface area is 123 Å². The van der Waals surface area contributed by atoms with Gasteiger partial charge in [0.1, 0.15) is 0 Å². The van der Waals surface area contributed by atoms with E-state index in [9.17, 15) is 4.79 Å². The fraction of sp³-hybridized carbons (Fsp3) is 0.538. The van der Waals surface area contributed by atoms with Crippen LogP contribution in [0.15, 0.2) is 12.1 Å². The van der Waals surface area contributed by atoms with Crippen molar-refractivity contribution in [3.63, 3.8) is 0 Å². The number of piperazine rings is 1. The zero-order valence-electron chi connectivity index (χ0n) is 11.3. The van der Waals surface area contributed by atoms with Crippen molar-refractivity contribution in [2.24, 2.45) is 5.73 Å². The van der Waals surface area contributed by atoms with Crippen molar-refractivity contribution in [3.8, 4) is 0 Å². The Balaban J connectivity index is 1.93. The van der Waals surface area contributed by atoms with Gasteiger partial charge in [0.15, 0.2) is 0 Å². The smallest absolute Gasteiger partial charge is 0.264 e. The maximum atomic E-state index is 12.3. The molecule has 2 heterocycles. The zero-order chi connectivity index (χ0) is 14.0. The highest BCUT2D eigenvalue weighted by molar-refractivity contribution is 7.80. The molecule has 0 aromatic carbocycles. The van der Waals surface area contributed by atoms with Crippen LogP contribution < -0.4 is 5.73 Å². The second-order valence-corrected chi connectivity index (χ2v) is 6.58. The van der Waals surface area contributed by atoms with E-state index in [-0.39, 0.29) is 11.9 Å². The number of nitrogens with zero attached hydrogens (tertiary/aromatic N) is 2. The topological polar surface area (TPSA) is 49.6 Å². The summed E-state index contributed by atoms with van der Waals surface area (Å²) in [4.78, 5) is 18.9. The lowest BCUT2D eigenvalue weighted by atomic mass is 10.2. The van der Waals surface area contributed by atoms with Crippen molar-refractivity contribution in [1.82, 2.24) is 9.80 Å². The maximum Gasteiger partial charge on any atom is 0.264 e. The number of hydrogen-bond donors (Lipinski definition) is 1. The molecule has 1 fully saturated rings. The molecule has 19 heavy (non-hydrogen) atoms. The molecule has 104 valence electrons. The molecule has 0 radical (unpaired) electrons. The first-order valence-electron chi connectivity index (χ1n) is 6.38. The Hall–Kier alpha value is -0.980. The first-order chi connectivity index (χ1) is 8.99. The Morgan fingerprint density at radius 1 is 1.37 bits per heavy atom. The van der Waals surface area contributed by atoms with Gasteiger partial charge >= 0.3 is 0 Å². The molecule has 1 aliphatic heterocycles. The monoisotopic (exact) mass is 297 g/mol. The molecule has 1 unspecified atom stereocenters. The average Bonchev–Trinajstić information content (AvgIpc) is 2.84. The lowest BCUT2D eigenvalue weighted by Gasteiger charge is -2.37. The molecule has 1 aliphatic rings. The number of carbonyl (C=O) groups is 1. The van der Waals surface area contributed by atoms with Crippen LogP contribution in [0.1, 0.15) is 21.5 Å². The van der Waals surface area contributed by atoms with Gasteiger partial charge in [-0.25, -0.2) is 0 Å². The summed E-state index contributed by atoms with van der Waals surface area (Å²) in [5, 5.41) is 0. The van der Waals surface area contributed by atoms with Gasteiger partial charge in [-0.15, -0.1) is 11.3 Å². The molecule has 0 aliphatic carbocycles. The van der Waals surface area contributed by atoms with Crippen LogP contribution in [-0.2, 0) is 0 Å². The first kappa shape index (κ1) is 14.4. The number of thiophene rings is 1. The van der Waals surface area contributed by atoms with Crippen LogP contribution in [0.3, 0.4) is 0 Å². The minimum atomic E-state index is 0.108. The zero-order valence-corrected chi connectivity index (χ0v) is 12.9. The number of thiocarbonyl (C=S) groups is 1. The molecule has 1 aromatic heterocycles. The second kappa shape index (κ2) is 5.98. The fourth-order valence-corrected chi connectivity index (χ4v) is 3.18. The van der Waals surface area contributed by atoms with Crippen molar-refractivity contribution in [2.45, 2.75) is 19.9 Å². The van der Waals surface area contributed by atoms with E-state index in [1.807, 2.05) is 30.9 Å². The Bertz CT molecular complexity index is 478. The molecule has 0 saturated carbocycles. The van der Waals surface area contributed by atoms with Crippen LogP contribution in [0.5, 0.6) is 0 Å². The SMILES string of the molecule is Cc1ccc(C(=O)N2CCN(C(C)C(N)=S)CC2)s1. The van der Waals surface area contributed by atoms with Crippen molar-refractivity contribution < 1.29 is 4.79 Å². The van der Waals surface area contributed by atoms with Gasteiger partial charge < -0.3 is 10.6 Å². The van der Waals surface area contributed by atoms with Crippen LogP contribution >= 0.6 is 23.6 Å². The molecule has 6 heteroatoms. The van der Waals surface area contributed by atoms with Crippen LogP contribution in [-0.4, -0.2) is 52.9 Å². The molecule has 1 amide bonds. The summed E-state index contributed by atoms with van der Waals surface area (Å²) < 4.78 is 0. The van der Waals surface area contributed by atoms with Crippen LogP contribution in [0.25, 0.3) is 0 Å². The van der Waals surface area contributed by atoms with Crippen LogP contribution in [0, 0.1) is 6.92 Å². The standard InChI is InChI=1S/C13H19N3OS2/c1-9-3-4-11(19-9)13(17)16-7-5-15(6-8-16)10(2)12(14)18/h3-4,10H,5-8H2,1-2H3,(H2,14,18). The van der Waals surface area contributed by atoms with E-state index in [1.165, 1.54) is 4.88 Å². The molecule has 0 spiro atoms. The molecule has 2 rings (SSSR count). The lowest BCUT2D eigenvalue weighted by Crippen LogP contribution is -2.53. The molecule has 0 bridgehead atoms. The predicted molar refractivity (Wildman–Crippen MR) is 82.8 cm³/mol.